The number of ether oxygens (including phenoxy) is 1. The van der Waals surface area contributed by atoms with Crippen LogP contribution in [0.5, 0.6) is 5.75 Å². The van der Waals surface area contributed by atoms with Gasteiger partial charge >= 0.3 is 5.97 Å². The lowest BCUT2D eigenvalue weighted by Crippen LogP contribution is -2.40. The molecule has 2 aliphatic heterocycles. The number of nitrogens with zero attached hydrogens (tertiary/aromatic N) is 4. The average molecular weight is 376 g/mol. The highest BCUT2D eigenvalue weighted by atomic mass is 16.7. The number of fused-ring (bicyclic) bond motifs is 2. The van der Waals surface area contributed by atoms with E-state index in [-0.39, 0.29) is 17.0 Å². The summed E-state index contributed by atoms with van der Waals surface area (Å²) >= 11 is 0. The van der Waals surface area contributed by atoms with Gasteiger partial charge in [-0.05, 0) is 19.9 Å². The Balaban J connectivity index is 1.83. The third-order valence-corrected chi connectivity index (χ3v) is 5.38. The number of nitro benzene ring substituents is 1. The summed E-state index contributed by atoms with van der Waals surface area (Å²) in [5.41, 5.74) is 0.978. The van der Waals surface area contributed by atoms with Gasteiger partial charge in [-0.25, -0.2) is 4.79 Å². The topological polar surface area (TPSA) is 97.5 Å². The smallest absolute Gasteiger partial charge is 0.369 e. The molecule has 0 N–H and O–H groups in total. The van der Waals surface area contributed by atoms with Gasteiger partial charge in [-0.3, -0.25) is 15.0 Å². The Morgan fingerprint density at radius 1 is 1.30 bits per heavy atom. The summed E-state index contributed by atoms with van der Waals surface area (Å²) in [4.78, 5) is 32.4. The fraction of sp³-hybridized carbons (Fsp3) is 0.556. The molecule has 0 saturated carbocycles. The lowest BCUT2D eigenvalue weighted by molar-refractivity contribution is -0.384. The van der Waals surface area contributed by atoms with Crippen LogP contribution in [0.25, 0.3) is 0 Å². The van der Waals surface area contributed by atoms with Gasteiger partial charge in [-0.2, -0.15) is 0 Å². The number of oxime groups is 1. The summed E-state index contributed by atoms with van der Waals surface area (Å²) in [5, 5.41) is 15.4. The molecule has 9 nitrogen and oxygen atoms in total. The maximum atomic E-state index is 12.5. The summed E-state index contributed by atoms with van der Waals surface area (Å²) in [6, 6.07) is 3.51. The number of hydrogen-bond donors (Lipinski definition) is 0. The minimum atomic E-state index is -0.765. The maximum Gasteiger partial charge on any atom is 0.369 e. The van der Waals surface area contributed by atoms with E-state index in [0.29, 0.717) is 17.8 Å². The van der Waals surface area contributed by atoms with Gasteiger partial charge in [0.05, 0.1) is 17.7 Å². The first kappa shape index (κ1) is 19.1. The zero-order chi connectivity index (χ0) is 19.7. The van der Waals surface area contributed by atoms with Gasteiger partial charge in [-0.15, -0.1) is 0 Å². The number of rotatable bonds is 5. The molecule has 1 aromatic rings. The van der Waals surface area contributed by atoms with Gasteiger partial charge in [0.2, 0.25) is 0 Å². The van der Waals surface area contributed by atoms with Crippen LogP contribution >= 0.6 is 0 Å². The van der Waals surface area contributed by atoms with E-state index in [1.807, 2.05) is 0 Å². The van der Waals surface area contributed by atoms with Crippen LogP contribution in [-0.4, -0.2) is 61.8 Å². The van der Waals surface area contributed by atoms with Crippen molar-refractivity contribution in [3.8, 4) is 5.75 Å². The van der Waals surface area contributed by atoms with E-state index < -0.39 is 10.9 Å². The average Bonchev–Trinajstić information content (AvgIpc) is 2.85. The zero-order valence-corrected chi connectivity index (χ0v) is 16.0. The van der Waals surface area contributed by atoms with Crippen molar-refractivity contribution >= 4 is 23.1 Å². The van der Waals surface area contributed by atoms with Crippen molar-refractivity contribution in [1.82, 2.24) is 4.90 Å². The SMILES string of the molecule is COc1cc(N(C)C)c([N+](=O)[O-])cc1C(=O)ON=C1C[C@H]2CC[C@@H](C1)N2C. The summed E-state index contributed by atoms with van der Waals surface area (Å²) in [6.45, 7) is 0. The molecule has 2 fully saturated rings. The summed E-state index contributed by atoms with van der Waals surface area (Å²) < 4.78 is 5.24. The Morgan fingerprint density at radius 2 is 1.93 bits per heavy atom. The van der Waals surface area contributed by atoms with Crippen molar-refractivity contribution in [2.24, 2.45) is 5.16 Å². The Hall–Kier alpha value is -2.68. The molecule has 0 unspecified atom stereocenters. The molecule has 0 spiro atoms. The summed E-state index contributed by atoms with van der Waals surface area (Å²) in [7, 11) is 6.87. The van der Waals surface area contributed by atoms with E-state index >= 15 is 0 Å². The number of benzene rings is 1. The van der Waals surface area contributed by atoms with Crippen LogP contribution < -0.4 is 9.64 Å². The van der Waals surface area contributed by atoms with E-state index in [4.69, 9.17) is 9.57 Å². The van der Waals surface area contributed by atoms with Crippen molar-refractivity contribution in [2.75, 3.05) is 33.2 Å². The fourth-order valence-corrected chi connectivity index (χ4v) is 3.83. The summed E-state index contributed by atoms with van der Waals surface area (Å²) in [5.74, 6) is -0.558. The number of carbonyl (C=O) groups is 1. The molecule has 2 aliphatic rings. The highest BCUT2D eigenvalue weighted by Gasteiger charge is 2.37. The monoisotopic (exact) mass is 376 g/mol. The van der Waals surface area contributed by atoms with Crippen LogP contribution in [0, 0.1) is 10.1 Å². The third-order valence-electron chi connectivity index (χ3n) is 5.38. The molecule has 27 heavy (non-hydrogen) atoms. The van der Waals surface area contributed by atoms with Gasteiger partial charge in [-0.1, -0.05) is 5.16 Å². The Labute approximate surface area is 157 Å². The highest BCUT2D eigenvalue weighted by Crippen LogP contribution is 2.35. The molecule has 2 saturated heterocycles. The predicted molar refractivity (Wildman–Crippen MR) is 101 cm³/mol. The normalized spacial score (nSPS) is 23.3. The van der Waals surface area contributed by atoms with Crippen LogP contribution in [0.4, 0.5) is 11.4 Å². The molecule has 0 amide bonds. The van der Waals surface area contributed by atoms with E-state index in [1.165, 1.54) is 19.2 Å². The van der Waals surface area contributed by atoms with Crippen LogP contribution in [0.1, 0.15) is 36.0 Å². The quantitative estimate of drug-likeness (QED) is 0.442. The molecule has 3 rings (SSSR count). The van der Waals surface area contributed by atoms with Crippen LogP contribution in [-0.2, 0) is 4.84 Å². The Kier molecular flexibility index (Phi) is 5.31. The second-order valence-electron chi connectivity index (χ2n) is 7.19. The lowest BCUT2D eigenvalue weighted by atomic mass is 10.0. The molecule has 0 aliphatic carbocycles. The third kappa shape index (κ3) is 3.73. The lowest BCUT2D eigenvalue weighted by Gasteiger charge is -2.31. The highest BCUT2D eigenvalue weighted by molar-refractivity contribution is 5.95. The number of methoxy groups -OCH3 is 1. The minimum absolute atomic E-state index is 0.0185. The van der Waals surface area contributed by atoms with E-state index in [2.05, 4.69) is 17.1 Å². The van der Waals surface area contributed by atoms with Gasteiger partial charge in [0.25, 0.3) is 5.69 Å². The van der Waals surface area contributed by atoms with E-state index in [1.54, 1.807) is 19.0 Å². The van der Waals surface area contributed by atoms with Crippen LogP contribution in [0.3, 0.4) is 0 Å². The molecular formula is C18H24N4O5. The van der Waals surface area contributed by atoms with Gasteiger partial charge in [0, 0.05) is 51.2 Å². The minimum Gasteiger partial charge on any atom is -0.496 e. The second kappa shape index (κ2) is 7.51. The van der Waals surface area contributed by atoms with Gasteiger partial charge < -0.3 is 14.5 Å². The molecule has 0 radical (unpaired) electrons. The van der Waals surface area contributed by atoms with Gasteiger partial charge in [0.1, 0.15) is 17.0 Å². The number of carbonyl (C=O) groups excluding carboxylic acids is 1. The molecule has 2 atom stereocenters. The molecule has 2 bridgehead atoms. The molecule has 1 aromatic carbocycles. The van der Waals surface area contributed by atoms with Gasteiger partial charge in [0.15, 0.2) is 0 Å². The van der Waals surface area contributed by atoms with Crippen molar-refractivity contribution < 1.29 is 19.3 Å². The molecule has 9 heteroatoms. The predicted octanol–water partition coefficient (Wildman–Crippen LogP) is 2.44. The maximum absolute atomic E-state index is 12.5. The number of piperidine rings is 1. The van der Waals surface area contributed by atoms with Crippen molar-refractivity contribution in [1.29, 1.82) is 0 Å². The van der Waals surface area contributed by atoms with E-state index in [0.717, 1.165) is 31.4 Å². The molecule has 0 aromatic heterocycles. The second-order valence-corrected chi connectivity index (χ2v) is 7.19. The first-order chi connectivity index (χ1) is 12.8. The Morgan fingerprint density at radius 3 is 2.44 bits per heavy atom. The van der Waals surface area contributed by atoms with Crippen molar-refractivity contribution in [3.63, 3.8) is 0 Å². The van der Waals surface area contributed by atoms with Crippen molar-refractivity contribution in [3.05, 3.63) is 27.8 Å². The first-order valence-electron chi connectivity index (χ1n) is 8.84. The van der Waals surface area contributed by atoms with Crippen LogP contribution in [0.15, 0.2) is 17.3 Å². The largest absolute Gasteiger partial charge is 0.496 e. The molecule has 2 heterocycles. The summed E-state index contributed by atoms with van der Waals surface area (Å²) in [6.07, 6.45) is 3.80. The number of anilines is 1. The molecule has 146 valence electrons. The Bertz CT molecular complexity index is 776. The fourth-order valence-electron chi connectivity index (χ4n) is 3.83. The first-order valence-corrected chi connectivity index (χ1v) is 8.84. The zero-order valence-electron chi connectivity index (χ0n) is 16.0. The standard InChI is InChI=1S/C18H24N4O5/c1-20(2)15-10-17(26-4)14(9-16(15)22(24)25)18(23)27-19-11-7-12-5-6-13(8-11)21(12)3/h9-10,12-13H,5-8H2,1-4H3/t12-,13+. The number of hydrogen-bond acceptors (Lipinski definition) is 8. The number of nitro groups is 1. The van der Waals surface area contributed by atoms with Crippen LogP contribution in [0.2, 0.25) is 0 Å². The molecular weight excluding hydrogens is 352 g/mol. The van der Waals surface area contributed by atoms with E-state index in [9.17, 15) is 14.9 Å². The van der Waals surface area contributed by atoms with Crippen molar-refractivity contribution in [2.45, 2.75) is 37.8 Å².